The molecule has 2 fully saturated rings. The molecule has 1 aromatic rings. The zero-order chi connectivity index (χ0) is 22.1. The number of aromatic nitrogens is 3. The molecule has 0 bridgehead atoms. The Bertz CT molecular complexity index is 801. The summed E-state index contributed by atoms with van der Waals surface area (Å²) in [5.74, 6) is -0.465. The monoisotopic (exact) mass is 420 g/mol. The lowest BCUT2D eigenvalue weighted by molar-refractivity contribution is -0.144. The number of likely N-dealkylation sites (N-methyl/N-ethyl adjacent to an activating group) is 1. The van der Waals surface area contributed by atoms with Crippen LogP contribution in [0.1, 0.15) is 58.2 Å². The fourth-order valence-corrected chi connectivity index (χ4v) is 4.25. The highest BCUT2D eigenvalue weighted by molar-refractivity contribution is 5.90. The van der Waals surface area contributed by atoms with Gasteiger partial charge in [-0.1, -0.05) is 26.0 Å². The van der Waals surface area contributed by atoms with Gasteiger partial charge in [0.05, 0.1) is 18.8 Å². The standard InChI is InChI=1S/C20H32N6O4/c1-20(2,3)17(19(30)25-12-14(27)9-15(25)18(29)21-4)26-11-13(22-23-26)10-24-8-6-5-7-16(24)28/h11,14-15,17,27H,5-10,12H2,1-4H3,(H,21,29)/t14?,15?,17-/m1/s1. The van der Waals surface area contributed by atoms with Crippen molar-refractivity contribution in [2.45, 2.75) is 71.2 Å². The number of amides is 3. The number of hydrogen-bond acceptors (Lipinski definition) is 6. The topological polar surface area (TPSA) is 121 Å². The third kappa shape index (κ3) is 4.63. The minimum absolute atomic E-state index is 0.104. The van der Waals surface area contributed by atoms with Gasteiger partial charge in [0.15, 0.2) is 0 Å². The first-order valence-corrected chi connectivity index (χ1v) is 10.5. The zero-order valence-corrected chi connectivity index (χ0v) is 18.2. The minimum atomic E-state index is -0.742. The van der Waals surface area contributed by atoms with Crippen LogP contribution in [0.15, 0.2) is 6.20 Å². The number of nitrogens with zero attached hydrogens (tertiary/aromatic N) is 5. The molecule has 10 nitrogen and oxygen atoms in total. The molecule has 0 saturated carbocycles. The van der Waals surface area contributed by atoms with Crippen LogP contribution in [-0.2, 0) is 20.9 Å². The summed E-state index contributed by atoms with van der Waals surface area (Å²) in [5, 5.41) is 21.0. The van der Waals surface area contributed by atoms with Crippen molar-refractivity contribution in [1.29, 1.82) is 0 Å². The first kappa shape index (κ1) is 22.2. The largest absolute Gasteiger partial charge is 0.391 e. The normalized spacial score (nSPS) is 23.6. The van der Waals surface area contributed by atoms with Crippen molar-refractivity contribution in [3.05, 3.63) is 11.9 Å². The summed E-state index contributed by atoms with van der Waals surface area (Å²) >= 11 is 0. The number of β-amino-alcohol motifs (C(OH)–C–C–N with tert-alkyl or cyclic N) is 1. The van der Waals surface area contributed by atoms with Crippen LogP contribution in [0.25, 0.3) is 0 Å². The van der Waals surface area contributed by atoms with Crippen molar-refractivity contribution in [3.63, 3.8) is 0 Å². The van der Waals surface area contributed by atoms with Gasteiger partial charge in [0.25, 0.3) is 0 Å². The average Bonchev–Trinajstić information content (AvgIpc) is 3.28. The van der Waals surface area contributed by atoms with Gasteiger partial charge in [0.1, 0.15) is 17.8 Å². The molecule has 2 unspecified atom stereocenters. The molecule has 2 aliphatic heterocycles. The van der Waals surface area contributed by atoms with Crippen molar-refractivity contribution in [2.75, 3.05) is 20.1 Å². The Kier molecular flexibility index (Phi) is 6.44. The van der Waals surface area contributed by atoms with Crippen molar-refractivity contribution in [2.24, 2.45) is 5.41 Å². The van der Waals surface area contributed by atoms with E-state index in [9.17, 15) is 19.5 Å². The molecule has 3 amide bonds. The van der Waals surface area contributed by atoms with Gasteiger partial charge in [-0.3, -0.25) is 14.4 Å². The fourth-order valence-electron chi connectivity index (χ4n) is 4.25. The summed E-state index contributed by atoms with van der Waals surface area (Å²) in [6, 6.07) is -1.41. The molecule has 0 aliphatic carbocycles. The van der Waals surface area contributed by atoms with Crippen LogP contribution in [0.3, 0.4) is 0 Å². The number of piperidine rings is 1. The fraction of sp³-hybridized carbons (Fsp3) is 0.750. The number of nitrogens with one attached hydrogen (secondary N) is 1. The summed E-state index contributed by atoms with van der Waals surface area (Å²) in [6.07, 6.45) is 3.61. The number of hydrogen-bond donors (Lipinski definition) is 2. The Morgan fingerprint density at radius 3 is 2.70 bits per heavy atom. The lowest BCUT2D eigenvalue weighted by Crippen LogP contribution is -2.49. The van der Waals surface area contributed by atoms with Crippen molar-refractivity contribution in [3.8, 4) is 0 Å². The Morgan fingerprint density at radius 1 is 1.33 bits per heavy atom. The van der Waals surface area contributed by atoms with Gasteiger partial charge in [-0.2, -0.15) is 0 Å². The third-order valence-electron chi connectivity index (χ3n) is 5.76. The minimum Gasteiger partial charge on any atom is -0.391 e. The Labute approximate surface area is 176 Å². The molecule has 1 aromatic heterocycles. The average molecular weight is 421 g/mol. The lowest BCUT2D eigenvalue weighted by atomic mass is 9.85. The van der Waals surface area contributed by atoms with Crippen LogP contribution in [0.5, 0.6) is 0 Å². The first-order valence-electron chi connectivity index (χ1n) is 10.5. The summed E-state index contributed by atoms with van der Waals surface area (Å²) < 4.78 is 1.53. The molecular formula is C20H32N6O4. The molecular weight excluding hydrogens is 388 g/mol. The number of rotatable bonds is 5. The lowest BCUT2D eigenvalue weighted by Gasteiger charge is -2.34. The number of aliphatic hydroxyl groups is 1. The van der Waals surface area contributed by atoms with Crippen LogP contribution in [0.2, 0.25) is 0 Å². The highest BCUT2D eigenvalue weighted by Gasteiger charge is 2.45. The van der Waals surface area contributed by atoms with Gasteiger partial charge in [-0.15, -0.1) is 5.10 Å². The van der Waals surface area contributed by atoms with Gasteiger partial charge in [-0.25, -0.2) is 4.68 Å². The number of carbonyl (C=O) groups excluding carboxylic acids is 3. The van der Waals surface area contributed by atoms with E-state index in [1.165, 1.54) is 16.6 Å². The Hall–Kier alpha value is -2.49. The van der Waals surface area contributed by atoms with E-state index >= 15 is 0 Å². The summed E-state index contributed by atoms with van der Waals surface area (Å²) in [6.45, 7) is 6.94. The predicted octanol–water partition coefficient (Wildman–Crippen LogP) is 0.0856. The maximum absolute atomic E-state index is 13.5. The SMILES string of the molecule is CNC(=O)C1CC(O)CN1C(=O)[C@@H](n1cc(CN2CCCCC2=O)nn1)C(C)(C)C. The molecule has 0 spiro atoms. The van der Waals surface area contributed by atoms with Gasteiger partial charge in [0.2, 0.25) is 17.7 Å². The second-order valence-corrected chi connectivity index (χ2v) is 9.24. The van der Waals surface area contributed by atoms with Crippen molar-refractivity contribution < 1.29 is 19.5 Å². The van der Waals surface area contributed by atoms with Gasteiger partial charge >= 0.3 is 0 Å². The molecule has 2 N–H and O–H groups in total. The van der Waals surface area contributed by atoms with E-state index in [-0.39, 0.29) is 30.7 Å². The summed E-state index contributed by atoms with van der Waals surface area (Å²) in [4.78, 5) is 41.0. The smallest absolute Gasteiger partial charge is 0.248 e. The molecule has 10 heteroatoms. The molecule has 166 valence electrons. The molecule has 30 heavy (non-hydrogen) atoms. The number of likely N-dealkylation sites (tertiary alicyclic amines) is 2. The van der Waals surface area contributed by atoms with Crippen molar-refractivity contribution >= 4 is 17.7 Å². The predicted molar refractivity (Wildman–Crippen MR) is 108 cm³/mol. The molecule has 3 heterocycles. The quantitative estimate of drug-likeness (QED) is 0.696. The van der Waals surface area contributed by atoms with Crippen LogP contribution >= 0.6 is 0 Å². The van der Waals surface area contributed by atoms with Crippen LogP contribution in [0, 0.1) is 5.41 Å². The second-order valence-electron chi connectivity index (χ2n) is 9.24. The van der Waals surface area contributed by atoms with E-state index in [2.05, 4.69) is 15.6 Å². The third-order valence-corrected chi connectivity index (χ3v) is 5.76. The Morgan fingerprint density at radius 2 is 2.07 bits per heavy atom. The van der Waals surface area contributed by atoms with E-state index in [0.717, 1.165) is 12.8 Å². The molecule has 2 aliphatic rings. The van der Waals surface area contributed by atoms with Crippen LogP contribution < -0.4 is 5.32 Å². The molecule has 0 aromatic carbocycles. The van der Waals surface area contributed by atoms with Gasteiger partial charge in [0, 0.05) is 33.0 Å². The maximum atomic E-state index is 13.5. The summed E-state index contributed by atoms with van der Waals surface area (Å²) in [5.41, 5.74) is 0.112. The molecule has 3 atom stereocenters. The maximum Gasteiger partial charge on any atom is 0.248 e. The second kappa shape index (κ2) is 8.71. The highest BCUT2D eigenvalue weighted by atomic mass is 16.3. The van der Waals surface area contributed by atoms with Gasteiger partial charge in [-0.05, 0) is 18.3 Å². The van der Waals surface area contributed by atoms with Crippen molar-refractivity contribution in [1.82, 2.24) is 30.1 Å². The number of carbonyl (C=O) groups is 3. The summed E-state index contributed by atoms with van der Waals surface area (Å²) in [7, 11) is 1.52. The van der Waals surface area contributed by atoms with Crippen LogP contribution in [-0.4, -0.2) is 79.9 Å². The van der Waals surface area contributed by atoms with E-state index in [1.807, 2.05) is 20.8 Å². The van der Waals surface area contributed by atoms with Crippen LogP contribution in [0.4, 0.5) is 0 Å². The molecule has 0 radical (unpaired) electrons. The molecule has 2 saturated heterocycles. The Balaban J connectivity index is 1.83. The number of aliphatic hydroxyl groups excluding tert-OH is 1. The van der Waals surface area contributed by atoms with Gasteiger partial charge < -0.3 is 20.2 Å². The van der Waals surface area contributed by atoms with E-state index in [1.54, 1.807) is 11.1 Å². The highest BCUT2D eigenvalue weighted by Crippen LogP contribution is 2.34. The van der Waals surface area contributed by atoms with E-state index in [4.69, 9.17) is 0 Å². The van der Waals surface area contributed by atoms with E-state index in [0.29, 0.717) is 25.2 Å². The first-order chi connectivity index (χ1) is 14.1. The van der Waals surface area contributed by atoms with E-state index < -0.39 is 23.6 Å². The molecule has 3 rings (SSSR count). The zero-order valence-electron chi connectivity index (χ0n) is 18.2.